The molecule has 1 aromatic carbocycles. The van der Waals surface area contributed by atoms with Gasteiger partial charge in [-0.1, -0.05) is 44.2 Å². The maximum atomic E-state index is 12.3. The number of aliphatic carboxylic acids is 1. The van der Waals surface area contributed by atoms with Crippen LogP contribution in [0.25, 0.3) is 0 Å². The first-order chi connectivity index (χ1) is 13.6. The Morgan fingerprint density at radius 3 is 2.14 bits per heavy atom. The first-order valence-electron chi connectivity index (χ1n) is 9.16. The summed E-state index contributed by atoms with van der Waals surface area (Å²) in [6.07, 6.45) is 0.0388. The Hall–Kier alpha value is -2.98. The molecule has 10 nitrogen and oxygen atoms in total. The SMILES string of the molecule is CC(C)C(N)C(=O)NCC(=O)NC(CO)C(=O)NC(Cc1ccccc1)C(=O)O. The molecule has 0 bridgehead atoms. The molecule has 0 radical (unpaired) electrons. The molecule has 0 aliphatic heterocycles. The summed E-state index contributed by atoms with van der Waals surface area (Å²) in [4.78, 5) is 47.5. The average Bonchev–Trinajstić information content (AvgIpc) is 2.69. The van der Waals surface area contributed by atoms with Gasteiger partial charge in [0, 0.05) is 6.42 Å². The lowest BCUT2D eigenvalue weighted by Crippen LogP contribution is -2.55. The van der Waals surface area contributed by atoms with Crippen molar-refractivity contribution >= 4 is 23.7 Å². The van der Waals surface area contributed by atoms with E-state index in [0.29, 0.717) is 5.56 Å². The van der Waals surface area contributed by atoms with Crippen LogP contribution in [0.1, 0.15) is 19.4 Å². The molecule has 0 aromatic heterocycles. The van der Waals surface area contributed by atoms with Crippen molar-refractivity contribution in [1.29, 1.82) is 0 Å². The molecule has 0 fully saturated rings. The molecule has 29 heavy (non-hydrogen) atoms. The number of amides is 3. The lowest BCUT2D eigenvalue weighted by Gasteiger charge is -2.20. The number of carbonyl (C=O) groups excluding carboxylic acids is 3. The predicted octanol–water partition coefficient (Wildman–Crippen LogP) is -1.62. The van der Waals surface area contributed by atoms with Gasteiger partial charge in [-0.25, -0.2) is 4.79 Å². The lowest BCUT2D eigenvalue weighted by molar-refractivity contribution is -0.142. The molecule has 3 unspecified atom stereocenters. The maximum Gasteiger partial charge on any atom is 0.326 e. The summed E-state index contributed by atoms with van der Waals surface area (Å²) in [5, 5.41) is 25.6. The Bertz CT molecular complexity index is 710. The highest BCUT2D eigenvalue weighted by molar-refractivity contribution is 5.92. The number of carboxylic acids is 1. The molecule has 0 saturated heterocycles. The maximum absolute atomic E-state index is 12.3. The Balaban J connectivity index is 2.61. The van der Waals surface area contributed by atoms with E-state index < -0.39 is 55.0 Å². The number of carbonyl (C=O) groups is 4. The van der Waals surface area contributed by atoms with Gasteiger partial charge in [-0.05, 0) is 11.5 Å². The molecule has 1 aromatic rings. The van der Waals surface area contributed by atoms with E-state index in [0.717, 1.165) is 0 Å². The van der Waals surface area contributed by atoms with E-state index >= 15 is 0 Å². The highest BCUT2D eigenvalue weighted by Gasteiger charge is 2.26. The second-order valence-electron chi connectivity index (χ2n) is 6.88. The Morgan fingerprint density at radius 2 is 1.62 bits per heavy atom. The number of nitrogens with one attached hydrogen (secondary N) is 3. The molecule has 0 spiro atoms. The van der Waals surface area contributed by atoms with E-state index in [9.17, 15) is 29.4 Å². The highest BCUT2D eigenvalue weighted by atomic mass is 16.4. The van der Waals surface area contributed by atoms with Gasteiger partial charge in [-0.2, -0.15) is 0 Å². The summed E-state index contributed by atoms with van der Waals surface area (Å²) >= 11 is 0. The van der Waals surface area contributed by atoms with Gasteiger partial charge in [0.15, 0.2) is 0 Å². The van der Waals surface area contributed by atoms with Crippen molar-refractivity contribution in [2.75, 3.05) is 13.2 Å². The summed E-state index contributed by atoms with van der Waals surface area (Å²) < 4.78 is 0. The van der Waals surface area contributed by atoms with Gasteiger partial charge in [-0.3, -0.25) is 14.4 Å². The van der Waals surface area contributed by atoms with Crippen LogP contribution in [0.2, 0.25) is 0 Å². The van der Waals surface area contributed by atoms with Crippen LogP contribution in [0.3, 0.4) is 0 Å². The van der Waals surface area contributed by atoms with Crippen LogP contribution in [-0.4, -0.2) is 65.2 Å². The summed E-state index contributed by atoms with van der Waals surface area (Å²) in [6.45, 7) is 2.33. The molecule has 10 heteroatoms. The second-order valence-corrected chi connectivity index (χ2v) is 6.88. The Labute approximate surface area is 168 Å². The number of nitrogens with two attached hydrogens (primary N) is 1. The minimum absolute atomic E-state index is 0.0388. The van der Waals surface area contributed by atoms with Crippen LogP contribution >= 0.6 is 0 Å². The van der Waals surface area contributed by atoms with E-state index in [1.54, 1.807) is 44.2 Å². The molecule has 7 N–H and O–H groups in total. The van der Waals surface area contributed by atoms with E-state index in [4.69, 9.17) is 5.73 Å². The number of hydrogen-bond acceptors (Lipinski definition) is 6. The van der Waals surface area contributed by atoms with Crippen LogP contribution < -0.4 is 21.7 Å². The second kappa shape index (κ2) is 11.8. The molecule has 1 rings (SSSR count). The molecule has 0 heterocycles. The van der Waals surface area contributed by atoms with Gasteiger partial charge < -0.3 is 31.9 Å². The zero-order valence-corrected chi connectivity index (χ0v) is 16.4. The van der Waals surface area contributed by atoms with E-state index in [2.05, 4.69) is 16.0 Å². The molecular formula is C19H28N4O6. The molecule has 0 aliphatic rings. The van der Waals surface area contributed by atoms with Crippen molar-refractivity contribution in [3.05, 3.63) is 35.9 Å². The topological polar surface area (TPSA) is 171 Å². The van der Waals surface area contributed by atoms with Gasteiger partial charge in [0.2, 0.25) is 17.7 Å². The highest BCUT2D eigenvalue weighted by Crippen LogP contribution is 2.04. The van der Waals surface area contributed by atoms with Gasteiger partial charge in [0.1, 0.15) is 12.1 Å². The fourth-order valence-corrected chi connectivity index (χ4v) is 2.35. The third kappa shape index (κ3) is 8.28. The van der Waals surface area contributed by atoms with Crippen molar-refractivity contribution in [3.8, 4) is 0 Å². The first kappa shape index (κ1) is 24.1. The average molecular weight is 408 g/mol. The number of rotatable bonds is 11. The zero-order chi connectivity index (χ0) is 22.0. The van der Waals surface area contributed by atoms with Crippen LogP contribution in [0.4, 0.5) is 0 Å². The molecular weight excluding hydrogens is 380 g/mol. The number of hydrogen-bond donors (Lipinski definition) is 6. The Morgan fingerprint density at radius 1 is 1.00 bits per heavy atom. The third-order valence-corrected chi connectivity index (χ3v) is 4.18. The fraction of sp³-hybridized carbons (Fsp3) is 0.474. The van der Waals surface area contributed by atoms with Crippen molar-refractivity contribution in [2.45, 2.75) is 38.4 Å². The van der Waals surface area contributed by atoms with Gasteiger partial charge in [-0.15, -0.1) is 0 Å². The van der Waals surface area contributed by atoms with Crippen LogP contribution in [0, 0.1) is 5.92 Å². The number of carboxylic acid groups (broad SMARTS) is 1. The molecule has 160 valence electrons. The summed E-state index contributed by atoms with van der Waals surface area (Å²) in [5.74, 6) is -3.46. The smallest absolute Gasteiger partial charge is 0.326 e. The molecule has 0 aliphatic carbocycles. The molecule has 3 amide bonds. The van der Waals surface area contributed by atoms with Gasteiger partial charge in [0.05, 0.1) is 19.2 Å². The standard InChI is InChI=1S/C19H28N4O6/c1-11(2)16(20)18(27)21-9-15(25)22-14(10-24)17(26)23-13(19(28)29)8-12-6-4-3-5-7-12/h3-7,11,13-14,16,24H,8-10,20H2,1-2H3,(H,21,27)(H,22,25)(H,23,26)(H,28,29). The fourth-order valence-electron chi connectivity index (χ4n) is 2.35. The number of benzene rings is 1. The first-order valence-corrected chi connectivity index (χ1v) is 9.16. The van der Waals surface area contributed by atoms with Crippen LogP contribution in [0.15, 0.2) is 30.3 Å². The normalized spacial score (nSPS) is 13.8. The molecule has 3 atom stereocenters. The summed E-state index contributed by atoms with van der Waals surface area (Å²) in [6, 6.07) is 5.32. The quantitative estimate of drug-likeness (QED) is 0.255. The van der Waals surface area contributed by atoms with E-state index in [-0.39, 0.29) is 12.3 Å². The van der Waals surface area contributed by atoms with Gasteiger partial charge >= 0.3 is 5.97 Å². The predicted molar refractivity (Wildman–Crippen MR) is 105 cm³/mol. The van der Waals surface area contributed by atoms with Crippen LogP contribution in [0.5, 0.6) is 0 Å². The van der Waals surface area contributed by atoms with Crippen molar-refractivity contribution < 1.29 is 29.4 Å². The van der Waals surface area contributed by atoms with Crippen molar-refractivity contribution in [3.63, 3.8) is 0 Å². The van der Waals surface area contributed by atoms with Gasteiger partial charge in [0.25, 0.3) is 0 Å². The summed E-state index contributed by atoms with van der Waals surface area (Å²) in [7, 11) is 0. The van der Waals surface area contributed by atoms with E-state index in [1.165, 1.54) is 0 Å². The number of aliphatic hydroxyl groups is 1. The minimum Gasteiger partial charge on any atom is -0.480 e. The Kier molecular flexibility index (Phi) is 9.76. The lowest BCUT2D eigenvalue weighted by atomic mass is 10.1. The largest absolute Gasteiger partial charge is 0.480 e. The monoisotopic (exact) mass is 408 g/mol. The van der Waals surface area contributed by atoms with Crippen molar-refractivity contribution in [1.82, 2.24) is 16.0 Å². The minimum atomic E-state index is -1.37. The molecule has 0 saturated carbocycles. The van der Waals surface area contributed by atoms with Crippen molar-refractivity contribution in [2.24, 2.45) is 11.7 Å². The van der Waals surface area contributed by atoms with Crippen LogP contribution in [-0.2, 0) is 25.6 Å². The third-order valence-electron chi connectivity index (χ3n) is 4.18. The number of aliphatic hydroxyl groups excluding tert-OH is 1. The van der Waals surface area contributed by atoms with E-state index in [1.807, 2.05) is 0 Å². The zero-order valence-electron chi connectivity index (χ0n) is 16.4. The summed E-state index contributed by atoms with van der Waals surface area (Å²) in [5.41, 5.74) is 6.37.